The molecule has 1 aromatic carbocycles. The monoisotopic (exact) mass is 396 g/mol. The molecule has 2 aromatic heterocycles. The number of fused-ring (bicyclic) bond motifs is 1. The van der Waals surface area contributed by atoms with Gasteiger partial charge < -0.3 is 15.4 Å². The van der Waals surface area contributed by atoms with Crippen molar-refractivity contribution >= 4 is 22.9 Å². The molecule has 8 nitrogen and oxygen atoms in total. The molecular formula is C21H24N4O4. The van der Waals surface area contributed by atoms with Crippen molar-refractivity contribution < 1.29 is 19.9 Å². The second-order valence-electron chi connectivity index (χ2n) is 6.97. The lowest BCUT2D eigenvalue weighted by Gasteiger charge is -2.13. The van der Waals surface area contributed by atoms with Gasteiger partial charge >= 0.3 is 12.0 Å². The molecule has 4 N–H and O–H groups in total. The highest BCUT2D eigenvalue weighted by Crippen LogP contribution is 2.34. The Bertz CT molecular complexity index is 1030. The number of primary amides is 1. The van der Waals surface area contributed by atoms with Crippen LogP contribution in [0.1, 0.15) is 30.4 Å². The van der Waals surface area contributed by atoms with E-state index in [4.69, 9.17) is 10.8 Å². The fraction of sp³-hybridized carbons (Fsp3) is 0.286. The molecule has 0 saturated heterocycles. The van der Waals surface area contributed by atoms with Crippen LogP contribution < -0.4 is 5.73 Å². The Balaban J connectivity index is 2.03. The molecular weight excluding hydrogens is 372 g/mol. The van der Waals surface area contributed by atoms with Gasteiger partial charge in [0.15, 0.2) is 0 Å². The standard InChI is InChI=1S/C21H24N4O4/c1-14-17-11-15(13-25(29)21(22)28)7-8-18(17)24(10-3-2-6-19(26)27)20(14)16-5-4-9-23-12-16/h4-5,7-9,11-12,29H,2-3,6,10,13H2,1H3,(H2,22,28)(H,26,27). The number of nitrogens with two attached hydrogens (primary N) is 1. The first-order chi connectivity index (χ1) is 13.9. The van der Waals surface area contributed by atoms with E-state index in [1.54, 1.807) is 12.4 Å². The fourth-order valence-corrected chi connectivity index (χ4v) is 3.57. The van der Waals surface area contributed by atoms with Gasteiger partial charge in [0.2, 0.25) is 0 Å². The third-order valence-electron chi connectivity index (χ3n) is 4.92. The van der Waals surface area contributed by atoms with Crippen LogP contribution in [-0.4, -0.2) is 36.9 Å². The van der Waals surface area contributed by atoms with Crippen LogP contribution >= 0.6 is 0 Å². The normalized spacial score (nSPS) is 11.0. The third kappa shape index (κ3) is 4.55. The number of urea groups is 1. The van der Waals surface area contributed by atoms with Gasteiger partial charge in [0.1, 0.15) is 0 Å². The first kappa shape index (κ1) is 20.3. The third-order valence-corrected chi connectivity index (χ3v) is 4.92. The van der Waals surface area contributed by atoms with E-state index in [9.17, 15) is 14.8 Å². The van der Waals surface area contributed by atoms with E-state index >= 15 is 0 Å². The Morgan fingerprint density at radius 2 is 2.03 bits per heavy atom. The number of hydrogen-bond acceptors (Lipinski definition) is 4. The number of nitrogens with zero attached hydrogens (tertiary/aromatic N) is 3. The number of carbonyl (C=O) groups excluding carboxylic acids is 1. The lowest BCUT2D eigenvalue weighted by molar-refractivity contribution is -0.137. The lowest BCUT2D eigenvalue weighted by Crippen LogP contribution is -2.31. The maximum atomic E-state index is 11.1. The number of rotatable bonds is 8. The zero-order chi connectivity index (χ0) is 21.0. The fourth-order valence-electron chi connectivity index (χ4n) is 3.57. The van der Waals surface area contributed by atoms with Crippen molar-refractivity contribution in [2.75, 3.05) is 0 Å². The number of aromatic nitrogens is 2. The summed E-state index contributed by atoms with van der Waals surface area (Å²) in [5, 5.41) is 20.0. The molecule has 2 amide bonds. The van der Waals surface area contributed by atoms with Gasteiger partial charge in [-0.1, -0.05) is 6.07 Å². The molecule has 29 heavy (non-hydrogen) atoms. The Morgan fingerprint density at radius 3 is 2.69 bits per heavy atom. The number of aliphatic carboxylic acids is 1. The van der Waals surface area contributed by atoms with Crippen molar-refractivity contribution in [3.63, 3.8) is 0 Å². The van der Waals surface area contributed by atoms with Gasteiger partial charge in [-0.3, -0.25) is 15.0 Å². The molecule has 0 aliphatic carbocycles. The molecule has 0 spiro atoms. The summed E-state index contributed by atoms with van der Waals surface area (Å²) in [5.41, 5.74) is 9.91. The summed E-state index contributed by atoms with van der Waals surface area (Å²) in [6, 6.07) is 8.69. The number of benzene rings is 1. The van der Waals surface area contributed by atoms with Crippen LogP contribution in [0, 0.1) is 6.92 Å². The molecule has 0 fully saturated rings. The summed E-state index contributed by atoms with van der Waals surface area (Å²) in [7, 11) is 0. The summed E-state index contributed by atoms with van der Waals surface area (Å²) in [4.78, 5) is 26.2. The molecule has 2 heterocycles. The first-order valence-corrected chi connectivity index (χ1v) is 9.38. The SMILES string of the molecule is Cc1c(-c2cccnc2)n(CCCCC(=O)O)c2ccc(CN(O)C(N)=O)cc12. The van der Waals surface area contributed by atoms with E-state index in [0.717, 1.165) is 39.7 Å². The highest BCUT2D eigenvalue weighted by atomic mass is 16.5. The molecule has 0 radical (unpaired) electrons. The van der Waals surface area contributed by atoms with Crippen molar-refractivity contribution in [1.29, 1.82) is 0 Å². The van der Waals surface area contributed by atoms with Crippen molar-refractivity contribution in [1.82, 2.24) is 14.6 Å². The highest BCUT2D eigenvalue weighted by molar-refractivity contribution is 5.92. The smallest absolute Gasteiger partial charge is 0.338 e. The molecule has 8 heteroatoms. The van der Waals surface area contributed by atoms with Crippen molar-refractivity contribution in [3.05, 3.63) is 53.9 Å². The second-order valence-corrected chi connectivity index (χ2v) is 6.97. The minimum atomic E-state index is -0.908. The van der Waals surface area contributed by atoms with E-state index in [2.05, 4.69) is 9.55 Å². The summed E-state index contributed by atoms with van der Waals surface area (Å²) in [5.74, 6) is -0.793. The summed E-state index contributed by atoms with van der Waals surface area (Å²) >= 11 is 0. The topological polar surface area (TPSA) is 122 Å². The number of pyridine rings is 1. The number of aryl methyl sites for hydroxylation is 2. The number of carbonyl (C=O) groups is 2. The van der Waals surface area contributed by atoms with Gasteiger partial charge in [0.05, 0.1) is 12.2 Å². The van der Waals surface area contributed by atoms with Gasteiger partial charge in [-0.05, 0) is 55.2 Å². The van der Waals surface area contributed by atoms with E-state index in [1.165, 1.54) is 0 Å². The molecule has 3 aromatic rings. The molecule has 0 aliphatic heterocycles. The van der Waals surface area contributed by atoms with Gasteiger partial charge in [-0.15, -0.1) is 0 Å². The van der Waals surface area contributed by atoms with Crippen LogP contribution in [0.3, 0.4) is 0 Å². The molecule has 0 unspecified atom stereocenters. The van der Waals surface area contributed by atoms with Crippen molar-refractivity contribution in [2.45, 2.75) is 39.3 Å². The average molecular weight is 396 g/mol. The Hall–Kier alpha value is -3.39. The molecule has 0 atom stereocenters. The predicted molar refractivity (Wildman–Crippen MR) is 108 cm³/mol. The number of carboxylic acids is 1. The average Bonchev–Trinajstić information content (AvgIpc) is 2.97. The zero-order valence-electron chi connectivity index (χ0n) is 16.2. The maximum Gasteiger partial charge on any atom is 0.338 e. The minimum Gasteiger partial charge on any atom is -0.481 e. The molecule has 0 aliphatic rings. The van der Waals surface area contributed by atoms with E-state index in [1.807, 2.05) is 37.3 Å². The quantitative estimate of drug-likeness (QED) is 0.305. The Morgan fingerprint density at radius 1 is 1.24 bits per heavy atom. The van der Waals surface area contributed by atoms with Gasteiger partial charge in [-0.2, -0.15) is 0 Å². The summed E-state index contributed by atoms with van der Waals surface area (Å²) in [6.45, 7) is 2.69. The molecule has 3 rings (SSSR count). The highest BCUT2D eigenvalue weighted by Gasteiger charge is 2.17. The Kier molecular flexibility index (Phi) is 6.13. The van der Waals surface area contributed by atoms with Crippen LogP contribution in [0.15, 0.2) is 42.7 Å². The predicted octanol–water partition coefficient (Wildman–Crippen LogP) is 3.54. The number of hydroxylamine groups is 2. The summed E-state index contributed by atoms with van der Waals surface area (Å²) < 4.78 is 2.18. The zero-order valence-corrected chi connectivity index (χ0v) is 16.2. The number of hydrogen-bond donors (Lipinski definition) is 3. The minimum absolute atomic E-state index is 0.00324. The van der Waals surface area contributed by atoms with Crippen LogP contribution in [0.25, 0.3) is 22.2 Å². The van der Waals surface area contributed by atoms with Gasteiger partial charge in [0, 0.05) is 41.8 Å². The van der Waals surface area contributed by atoms with E-state index < -0.39 is 12.0 Å². The lowest BCUT2D eigenvalue weighted by atomic mass is 10.1. The number of amides is 2. The van der Waals surface area contributed by atoms with E-state index in [0.29, 0.717) is 18.0 Å². The van der Waals surface area contributed by atoms with Crippen molar-refractivity contribution in [2.24, 2.45) is 5.73 Å². The van der Waals surface area contributed by atoms with Crippen LogP contribution in [0.4, 0.5) is 4.79 Å². The van der Waals surface area contributed by atoms with Crippen LogP contribution in [0.2, 0.25) is 0 Å². The second kappa shape index (κ2) is 8.74. The molecule has 0 bridgehead atoms. The Labute approximate surface area is 168 Å². The summed E-state index contributed by atoms with van der Waals surface area (Å²) in [6.07, 6.45) is 4.99. The van der Waals surface area contributed by atoms with Gasteiger partial charge in [0.25, 0.3) is 0 Å². The van der Waals surface area contributed by atoms with Crippen LogP contribution in [0.5, 0.6) is 0 Å². The first-order valence-electron chi connectivity index (χ1n) is 9.38. The molecule has 152 valence electrons. The van der Waals surface area contributed by atoms with Crippen molar-refractivity contribution in [3.8, 4) is 11.3 Å². The van der Waals surface area contributed by atoms with Gasteiger partial charge in [-0.25, -0.2) is 9.86 Å². The number of carboxylic acid groups (broad SMARTS) is 1. The van der Waals surface area contributed by atoms with E-state index in [-0.39, 0.29) is 13.0 Å². The van der Waals surface area contributed by atoms with Crippen LogP contribution in [-0.2, 0) is 17.9 Å². The largest absolute Gasteiger partial charge is 0.481 e. The maximum absolute atomic E-state index is 11.1. The molecule has 0 saturated carbocycles. The number of unbranched alkanes of at least 4 members (excludes halogenated alkanes) is 1.